The highest BCUT2D eigenvalue weighted by Crippen LogP contribution is 2.46. The van der Waals surface area contributed by atoms with Gasteiger partial charge in [-0.15, -0.1) is 0 Å². The molecule has 0 amide bonds. The molecule has 1 aliphatic heterocycles. The lowest BCUT2D eigenvalue weighted by Gasteiger charge is -2.47. The molecule has 1 aliphatic rings. The summed E-state index contributed by atoms with van der Waals surface area (Å²) in [6, 6.07) is 21.6. The average Bonchev–Trinajstić information content (AvgIpc) is 2.58. The van der Waals surface area contributed by atoms with Crippen molar-refractivity contribution in [1.29, 1.82) is 0 Å². The number of aliphatic hydroxyl groups is 1. The summed E-state index contributed by atoms with van der Waals surface area (Å²) in [5.74, 6) is 0. The highest BCUT2D eigenvalue weighted by atomic mass is 16.3. The summed E-state index contributed by atoms with van der Waals surface area (Å²) in [7, 11) is 2.19. The minimum atomic E-state index is -0.590. The number of piperidine rings is 1. The average molecular weight is 295 g/mol. The zero-order chi connectivity index (χ0) is 15.6. The molecular formula is C20H25NO. The van der Waals surface area contributed by atoms with Crippen LogP contribution in [0.25, 0.3) is 0 Å². The normalized spacial score (nSPS) is 29.4. The van der Waals surface area contributed by atoms with Gasteiger partial charge in [0.05, 0.1) is 5.60 Å². The Morgan fingerprint density at radius 3 is 1.68 bits per heavy atom. The van der Waals surface area contributed by atoms with E-state index in [0.29, 0.717) is 0 Å². The van der Waals surface area contributed by atoms with Gasteiger partial charge in [0, 0.05) is 12.1 Å². The summed E-state index contributed by atoms with van der Waals surface area (Å²) in [5.41, 5.74) is 1.99. The third kappa shape index (κ3) is 2.94. The first-order chi connectivity index (χ1) is 10.6. The van der Waals surface area contributed by atoms with Crippen LogP contribution in [0.2, 0.25) is 0 Å². The van der Waals surface area contributed by atoms with Crippen molar-refractivity contribution < 1.29 is 5.11 Å². The van der Waals surface area contributed by atoms with Gasteiger partial charge in [-0.3, -0.25) is 4.90 Å². The van der Waals surface area contributed by atoms with Crippen molar-refractivity contribution >= 4 is 0 Å². The van der Waals surface area contributed by atoms with Gasteiger partial charge in [0.15, 0.2) is 0 Å². The largest absolute Gasteiger partial charge is 0.390 e. The van der Waals surface area contributed by atoms with Crippen LogP contribution >= 0.6 is 0 Å². The zero-order valence-corrected chi connectivity index (χ0v) is 13.4. The Morgan fingerprint density at radius 2 is 1.32 bits per heavy atom. The second-order valence-electron chi connectivity index (χ2n) is 6.50. The van der Waals surface area contributed by atoms with E-state index in [1.165, 1.54) is 11.1 Å². The molecule has 0 spiro atoms. The van der Waals surface area contributed by atoms with Crippen LogP contribution < -0.4 is 0 Å². The molecule has 2 aromatic carbocycles. The van der Waals surface area contributed by atoms with E-state index in [1.54, 1.807) is 0 Å². The smallest absolute Gasteiger partial charge is 0.0681 e. The third-order valence-electron chi connectivity index (χ3n) is 5.16. The molecule has 3 rings (SSSR count). The van der Waals surface area contributed by atoms with Gasteiger partial charge < -0.3 is 5.11 Å². The Morgan fingerprint density at radius 1 is 0.909 bits per heavy atom. The Hall–Kier alpha value is -1.64. The molecule has 2 heteroatoms. The first-order valence-electron chi connectivity index (χ1n) is 8.17. The van der Waals surface area contributed by atoms with Gasteiger partial charge in [0.2, 0.25) is 0 Å². The maximum atomic E-state index is 11.0. The minimum absolute atomic E-state index is 0.255. The predicted molar refractivity (Wildman–Crippen MR) is 90.6 cm³/mol. The molecule has 0 saturated carbocycles. The summed E-state index contributed by atoms with van der Waals surface area (Å²) >= 11 is 0. The van der Waals surface area contributed by atoms with Crippen LogP contribution in [-0.2, 0) is 0 Å². The minimum Gasteiger partial charge on any atom is -0.390 e. The third-order valence-corrected chi connectivity index (χ3v) is 5.16. The lowest BCUT2D eigenvalue weighted by atomic mass is 9.77. The summed E-state index contributed by atoms with van der Waals surface area (Å²) in [4.78, 5) is 2.43. The van der Waals surface area contributed by atoms with Gasteiger partial charge in [-0.25, -0.2) is 0 Å². The highest BCUT2D eigenvalue weighted by Gasteiger charge is 2.42. The van der Waals surface area contributed by atoms with Gasteiger partial charge in [-0.2, -0.15) is 0 Å². The molecule has 116 valence electrons. The van der Waals surface area contributed by atoms with Crippen LogP contribution in [0.15, 0.2) is 60.7 Å². The molecular weight excluding hydrogens is 270 g/mol. The van der Waals surface area contributed by atoms with Crippen molar-refractivity contribution in [2.45, 2.75) is 43.9 Å². The van der Waals surface area contributed by atoms with Gasteiger partial charge in [-0.05, 0) is 37.4 Å². The van der Waals surface area contributed by atoms with Gasteiger partial charge in [0.1, 0.15) is 0 Å². The Labute approximate surface area is 133 Å². The molecule has 0 bridgehead atoms. The van der Waals surface area contributed by atoms with E-state index in [4.69, 9.17) is 0 Å². The van der Waals surface area contributed by atoms with Crippen molar-refractivity contribution in [2.75, 3.05) is 7.05 Å². The number of nitrogens with zero attached hydrogens (tertiary/aromatic N) is 1. The van der Waals surface area contributed by atoms with Gasteiger partial charge >= 0.3 is 0 Å². The van der Waals surface area contributed by atoms with Crippen LogP contribution in [0.5, 0.6) is 0 Å². The van der Waals surface area contributed by atoms with Crippen molar-refractivity contribution in [1.82, 2.24) is 4.90 Å². The second-order valence-corrected chi connectivity index (χ2v) is 6.50. The molecule has 0 unspecified atom stereocenters. The monoisotopic (exact) mass is 295 g/mol. The second kappa shape index (κ2) is 6.23. The SMILES string of the molecule is CCC1(O)C[C@H](c2ccccc2)N(C)[C@@H](c2ccccc2)C1. The molecule has 0 radical (unpaired) electrons. The molecule has 1 N–H and O–H groups in total. The first kappa shape index (κ1) is 15.3. The lowest BCUT2D eigenvalue weighted by Crippen LogP contribution is -2.46. The number of hydrogen-bond donors (Lipinski definition) is 1. The van der Waals surface area contributed by atoms with E-state index in [2.05, 4.69) is 67.4 Å². The number of likely N-dealkylation sites (tertiary alicyclic amines) is 1. The van der Waals surface area contributed by atoms with E-state index in [0.717, 1.165) is 19.3 Å². The molecule has 2 aromatic rings. The standard InChI is InChI=1S/C20H25NO/c1-3-20(22)14-18(16-10-6-4-7-11-16)21(2)19(15-20)17-12-8-5-9-13-17/h4-13,18-19,22H,3,14-15H2,1-2H3/t18-,19-/m1/s1. The first-order valence-corrected chi connectivity index (χ1v) is 8.17. The summed E-state index contributed by atoms with van der Waals surface area (Å²) in [5, 5.41) is 11.0. The summed E-state index contributed by atoms with van der Waals surface area (Å²) in [6.07, 6.45) is 2.40. The molecule has 22 heavy (non-hydrogen) atoms. The molecule has 1 heterocycles. The Kier molecular flexibility index (Phi) is 4.32. The number of hydrogen-bond acceptors (Lipinski definition) is 2. The maximum Gasteiger partial charge on any atom is 0.0681 e. The number of rotatable bonds is 3. The molecule has 2 nitrogen and oxygen atoms in total. The van der Waals surface area contributed by atoms with Crippen molar-refractivity contribution in [3.05, 3.63) is 71.8 Å². The predicted octanol–water partition coefficient (Wildman–Crippen LogP) is 4.34. The molecule has 0 aromatic heterocycles. The molecule has 1 saturated heterocycles. The van der Waals surface area contributed by atoms with Crippen LogP contribution in [-0.4, -0.2) is 22.7 Å². The lowest BCUT2D eigenvalue weighted by molar-refractivity contribution is -0.0708. The fourth-order valence-electron chi connectivity index (χ4n) is 3.65. The van der Waals surface area contributed by atoms with Crippen LogP contribution in [0, 0.1) is 0 Å². The maximum absolute atomic E-state index is 11.0. The topological polar surface area (TPSA) is 23.5 Å². The molecule has 1 fully saturated rings. The molecule has 2 atom stereocenters. The Balaban J connectivity index is 1.97. The highest BCUT2D eigenvalue weighted by molar-refractivity contribution is 5.25. The van der Waals surface area contributed by atoms with Crippen LogP contribution in [0.3, 0.4) is 0 Å². The molecule has 0 aliphatic carbocycles. The van der Waals surface area contributed by atoms with Gasteiger partial charge in [0.25, 0.3) is 0 Å². The van der Waals surface area contributed by atoms with E-state index >= 15 is 0 Å². The van der Waals surface area contributed by atoms with Crippen molar-refractivity contribution in [3.8, 4) is 0 Å². The van der Waals surface area contributed by atoms with E-state index < -0.39 is 5.60 Å². The summed E-state index contributed by atoms with van der Waals surface area (Å²) < 4.78 is 0. The van der Waals surface area contributed by atoms with Crippen LogP contribution in [0.4, 0.5) is 0 Å². The number of benzene rings is 2. The van der Waals surface area contributed by atoms with E-state index in [-0.39, 0.29) is 12.1 Å². The zero-order valence-electron chi connectivity index (χ0n) is 13.4. The van der Waals surface area contributed by atoms with Gasteiger partial charge in [-0.1, -0.05) is 67.6 Å². The fraction of sp³-hybridized carbons (Fsp3) is 0.400. The van der Waals surface area contributed by atoms with Crippen LogP contribution in [0.1, 0.15) is 49.4 Å². The Bertz CT molecular complexity index is 546. The quantitative estimate of drug-likeness (QED) is 0.910. The van der Waals surface area contributed by atoms with E-state index in [1.807, 2.05) is 12.1 Å². The van der Waals surface area contributed by atoms with E-state index in [9.17, 15) is 5.11 Å². The van der Waals surface area contributed by atoms with Crippen molar-refractivity contribution in [3.63, 3.8) is 0 Å². The van der Waals surface area contributed by atoms with Crippen molar-refractivity contribution in [2.24, 2.45) is 0 Å². The fourth-order valence-corrected chi connectivity index (χ4v) is 3.65. The summed E-state index contributed by atoms with van der Waals surface area (Å²) in [6.45, 7) is 2.09.